The predicted molar refractivity (Wildman–Crippen MR) is 85.7 cm³/mol. The van der Waals surface area contributed by atoms with E-state index in [0.717, 1.165) is 17.3 Å². The first-order valence-electron chi connectivity index (χ1n) is 7.47. The van der Waals surface area contributed by atoms with Crippen LogP contribution in [0.4, 0.5) is 0 Å². The Hall–Kier alpha value is -1.74. The van der Waals surface area contributed by atoms with E-state index in [2.05, 4.69) is 32.9 Å². The second-order valence-corrected chi connectivity index (χ2v) is 6.02. The van der Waals surface area contributed by atoms with E-state index < -0.39 is 0 Å². The smallest absolute Gasteiger partial charge is 0.171 e. The summed E-state index contributed by atoms with van der Waals surface area (Å²) in [5.41, 5.74) is 8.64. The van der Waals surface area contributed by atoms with Crippen LogP contribution >= 0.6 is 0 Å². The van der Waals surface area contributed by atoms with Crippen molar-refractivity contribution in [2.45, 2.75) is 52.7 Å². The molecule has 3 nitrogen and oxygen atoms in total. The minimum absolute atomic E-state index is 0.152. The first-order valence-corrected chi connectivity index (χ1v) is 7.47. The lowest BCUT2D eigenvalue weighted by Crippen LogP contribution is -2.28. The topological polar surface area (TPSA) is 48.4 Å². The molecule has 2 rings (SSSR count). The van der Waals surface area contributed by atoms with Gasteiger partial charge in [0.2, 0.25) is 0 Å². The Morgan fingerprint density at radius 3 is 2.24 bits per heavy atom. The molecule has 0 aliphatic heterocycles. The molecule has 0 aliphatic rings. The molecular weight excluding hydrogens is 262 g/mol. The van der Waals surface area contributed by atoms with Gasteiger partial charge in [-0.05, 0) is 62.1 Å². The Labute approximate surface area is 127 Å². The van der Waals surface area contributed by atoms with E-state index >= 15 is 0 Å². The number of hydrogen-bond donors (Lipinski definition) is 1. The van der Waals surface area contributed by atoms with Crippen LogP contribution in [0.25, 0.3) is 0 Å². The Kier molecular flexibility index (Phi) is 4.73. The number of rotatable bonds is 5. The summed E-state index contributed by atoms with van der Waals surface area (Å²) in [6.45, 7) is 10.3. The van der Waals surface area contributed by atoms with Crippen molar-refractivity contribution in [1.29, 1.82) is 0 Å². The summed E-state index contributed by atoms with van der Waals surface area (Å²) in [6.07, 6.45) is -0.275. The average molecular weight is 287 g/mol. The molecule has 2 unspecified atom stereocenters. The molecule has 2 N–H and O–H groups in total. The lowest BCUT2D eigenvalue weighted by molar-refractivity contribution is 0.151. The third-order valence-electron chi connectivity index (χ3n) is 3.65. The van der Waals surface area contributed by atoms with E-state index in [4.69, 9.17) is 14.9 Å². The minimum Gasteiger partial charge on any atom is -0.481 e. The maximum atomic E-state index is 6.07. The lowest BCUT2D eigenvalue weighted by Gasteiger charge is -2.21. The fourth-order valence-electron chi connectivity index (χ4n) is 2.55. The van der Waals surface area contributed by atoms with Crippen molar-refractivity contribution in [2.24, 2.45) is 5.73 Å². The van der Waals surface area contributed by atoms with Gasteiger partial charge in [-0.15, -0.1) is 0 Å². The van der Waals surface area contributed by atoms with E-state index in [-0.39, 0.29) is 12.1 Å². The standard InChI is InChI=1S/C18H25NO2/c1-11(2)16-8-7-15(10-12(16)3)21-18(14(5)19)17-9-6-13(4)20-17/h6-11,14,18H,19H2,1-5H3. The van der Waals surface area contributed by atoms with E-state index in [1.165, 1.54) is 11.1 Å². The molecule has 0 saturated carbocycles. The average Bonchev–Trinajstić information content (AvgIpc) is 2.81. The van der Waals surface area contributed by atoms with Crippen LogP contribution in [0.15, 0.2) is 34.7 Å². The number of hydrogen-bond acceptors (Lipinski definition) is 3. The highest BCUT2D eigenvalue weighted by molar-refractivity contribution is 5.36. The van der Waals surface area contributed by atoms with Crippen LogP contribution in [0.5, 0.6) is 5.75 Å². The van der Waals surface area contributed by atoms with Gasteiger partial charge in [-0.25, -0.2) is 0 Å². The summed E-state index contributed by atoms with van der Waals surface area (Å²) in [5.74, 6) is 2.97. The zero-order chi connectivity index (χ0) is 15.6. The second-order valence-electron chi connectivity index (χ2n) is 6.02. The van der Waals surface area contributed by atoms with Gasteiger partial charge in [-0.2, -0.15) is 0 Å². The largest absolute Gasteiger partial charge is 0.481 e. The Balaban J connectivity index is 2.23. The molecule has 0 saturated heterocycles. The summed E-state index contributed by atoms with van der Waals surface area (Å²) >= 11 is 0. The maximum absolute atomic E-state index is 6.07. The van der Waals surface area contributed by atoms with Gasteiger partial charge in [0.1, 0.15) is 17.3 Å². The van der Waals surface area contributed by atoms with E-state index in [1.54, 1.807) is 0 Å². The van der Waals surface area contributed by atoms with Crippen LogP contribution in [0.3, 0.4) is 0 Å². The van der Waals surface area contributed by atoms with Gasteiger partial charge < -0.3 is 14.9 Å². The monoisotopic (exact) mass is 287 g/mol. The molecule has 0 fully saturated rings. The van der Waals surface area contributed by atoms with Crippen molar-refractivity contribution in [3.8, 4) is 5.75 Å². The van der Waals surface area contributed by atoms with Gasteiger partial charge in [0.25, 0.3) is 0 Å². The van der Waals surface area contributed by atoms with Crippen LogP contribution in [0.2, 0.25) is 0 Å². The fraction of sp³-hybridized carbons (Fsp3) is 0.444. The molecule has 3 heteroatoms. The van der Waals surface area contributed by atoms with Crippen molar-refractivity contribution in [3.05, 3.63) is 53.0 Å². The van der Waals surface area contributed by atoms with Gasteiger partial charge in [0.15, 0.2) is 6.10 Å². The normalized spacial score (nSPS) is 14.2. The SMILES string of the molecule is Cc1ccc(C(Oc2ccc(C(C)C)c(C)c2)C(C)N)o1. The van der Waals surface area contributed by atoms with Crippen LogP contribution in [0, 0.1) is 13.8 Å². The van der Waals surface area contributed by atoms with E-state index in [0.29, 0.717) is 5.92 Å². The number of aryl methyl sites for hydroxylation is 2. The van der Waals surface area contributed by atoms with Gasteiger partial charge >= 0.3 is 0 Å². The first-order chi connectivity index (χ1) is 9.88. The maximum Gasteiger partial charge on any atom is 0.171 e. The van der Waals surface area contributed by atoms with Crippen LogP contribution < -0.4 is 10.5 Å². The summed E-state index contributed by atoms with van der Waals surface area (Å²) in [4.78, 5) is 0. The number of nitrogens with two attached hydrogens (primary N) is 1. The lowest BCUT2D eigenvalue weighted by atomic mass is 9.98. The van der Waals surface area contributed by atoms with Crippen LogP contribution in [0.1, 0.15) is 55.4 Å². The molecule has 21 heavy (non-hydrogen) atoms. The van der Waals surface area contributed by atoms with Crippen molar-refractivity contribution in [3.63, 3.8) is 0 Å². The number of ether oxygens (including phenoxy) is 1. The summed E-state index contributed by atoms with van der Waals surface area (Å²) < 4.78 is 11.7. The number of benzene rings is 1. The minimum atomic E-state index is -0.275. The predicted octanol–water partition coefficient (Wildman–Crippen LogP) is 4.49. The van der Waals surface area contributed by atoms with E-state index in [9.17, 15) is 0 Å². The fourth-order valence-corrected chi connectivity index (χ4v) is 2.55. The third kappa shape index (κ3) is 3.67. The van der Waals surface area contributed by atoms with Crippen molar-refractivity contribution in [2.75, 3.05) is 0 Å². The van der Waals surface area contributed by atoms with Gasteiger partial charge in [-0.1, -0.05) is 19.9 Å². The quantitative estimate of drug-likeness (QED) is 0.881. The molecule has 1 heterocycles. The molecule has 0 bridgehead atoms. The molecular formula is C18H25NO2. The van der Waals surface area contributed by atoms with Gasteiger partial charge in [0, 0.05) is 6.04 Å². The molecule has 2 atom stereocenters. The Morgan fingerprint density at radius 2 is 1.76 bits per heavy atom. The Morgan fingerprint density at radius 1 is 1.05 bits per heavy atom. The molecule has 0 spiro atoms. The van der Waals surface area contributed by atoms with Crippen molar-refractivity contribution in [1.82, 2.24) is 0 Å². The highest BCUT2D eigenvalue weighted by atomic mass is 16.5. The summed E-state index contributed by atoms with van der Waals surface area (Å²) in [7, 11) is 0. The number of furan rings is 1. The molecule has 0 amide bonds. The second kappa shape index (κ2) is 6.35. The zero-order valence-corrected chi connectivity index (χ0v) is 13.5. The van der Waals surface area contributed by atoms with Crippen LogP contribution in [-0.2, 0) is 0 Å². The third-order valence-corrected chi connectivity index (χ3v) is 3.65. The van der Waals surface area contributed by atoms with Crippen LogP contribution in [-0.4, -0.2) is 6.04 Å². The summed E-state index contributed by atoms with van der Waals surface area (Å²) in [6, 6.07) is 9.91. The molecule has 0 aliphatic carbocycles. The van der Waals surface area contributed by atoms with Gasteiger partial charge in [0.05, 0.1) is 0 Å². The van der Waals surface area contributed by atoms with Crippen molar-refractivity contribution >= 4 is 0 Å². The first kappa shape index (κ1) is 15.6. The molecule has 2 aromatic rings. The Bertz CT molecular complexity index is 599. The molecule has 1 aromatic heterocycles. The molecule has 1 aromatic carbocycles. The highest BCUT2D eigenvalue weighted by Gasteiger charge is 2.22. The van der Waals surface area contributed by atoms with Crippen molar-refractivity contribution < 1.29 is 9.15 Å². The van der Waals surface area contributed by atoms with Gasteiger partial charge in [-0.3, -0.25) is 0 Å². The molecule has 0 radical (unpaired) electrons. The summed E-state index contributed by atoms with van der Waals surface area (Å²) in [5, 5.41) is 0. The molecule has 114 valence electrons. The highest BCUT2D eigenvalue weighted by Crippen LogP contribution is 2.29. The zero-order valence-electron chi connectivity index (χ0n) is 13.5. The van der Waals surface area contributed by atoms with E-state index in [1.807, 2.05) is 32.0 Å².